The summed E-state index contributed by atoms with van der Waals surface area (Å²) in [7, 11) is 2.24. The van der Waals surface area contributed by atoms with Gasteiger partial charge in [-0.25, -0.2) is 0 Å². The Morgan fingerprint density at radius 2 is 1.74 bits per heavy atom. The van der Waals surface area contributed by atoms with Crippen LogP contribution in [-0.2, 0) is 0 Å². The van der Waals surface area contributed by atoms with Gasteiger partial charge in [0.2, 0.25) is 0 Å². The summed E-state index contributed by atoms with van der Waals surface area (Å²) in [5, 5.41) is 0. The van der Waals surface area contributed by atoms with E-state index in [1.54, 1.807) is 0 Å². The van der Waals surface area contributed by atoms with Gasteiger partial charge in [-0.1, -0.05) is 27.7 Å². The molecule has 0 saturated carbocycles. The van der Waals surface area contributed by atoms with Gasteiger partial charge in [0.05, 0.1) is 0 Å². The monoisotopic (exact) mass is 266 g/mol. The van der Waals surface area contributed by atoms with Crippen LogP contribution in [-0.4, -0.2) is 49.6 Å². The van der Waals surface area contributed by atoms with Crippen molar-refractivity contribution in [1.29, 1.82) is 0 Å². The van der Waals surface area contributed by atoms with Crippen molar-refractivity contribution in [3.8, 4) is 11.8 Å². The van der Waals surface area contributed by atoms with Gasteiger partial charge in [-0.2, -0.15) is 0 Å². The molecule has 112 valence electrons. The van der Waals surface area contributed by atoms with Gasteiger partial charge in [0.1, 0.15) is 0 Å². The summed E-state index contributed by atoms with van der Waals surface area (Å²) < 4.78 is 0. The maximum absolute atomic E-state index is 3.15. The molecule has 1 unspecified atom stereocenters. The first-order valence-corrected chi connectivity index (χ1v) is 7.80. The largest absolute Gasteiger partial charge is 0.306 e. The second-order valence-corrected chi connectivity index (χ2v) is 6.12. The predicted octanol–water partition coefficient (Wildman–Crippen LogP) is 3.34. The van der Waals surface area contributed by atoms with Crippen molar-refractivity contribution in [2.45, 2.75) is 47.5 Å². The van der Waals surface area contributed by atoms with Crippen LogP contribution in [0.5, 0.6) is 0 Å². The van der Waals surface area contributed by atoms with Crippen LogP contribution in [0.1, 0.15) is 47.5 Å². The molecule has 0 radical (unpaired) electrons. The molecule has 1 atom stereocenters. The van der Waals surface area contributed by atoms with E-state index in [2.05, 4.69) is 56.4 Å². The summed E-state index contributed by atoms with van der Waals surface area (Å²) in [5.74, 6) is 7.66. The van der Waals surface area contributed by atoms with Gasteiger partial charge in [0.25, 0.3) is 0 Å². The van der Waals surface area contributed by atoms with Gasteiger partial charge in [-0.3, -0.25) is 0 Å². The smallest absolute Gasteiger partial charge is 0.0216 e. The number of nitrogens with zero attached hydrogens (tertiary/aromatic N) is 2. The number of hydrogen-bond acceptors (Lipinski definition) is 2. The van der Waals surface area contributed by atoms with Crippen LogP contribution < -0.4 is 0 Å². The third-order valence-corrected chi connectivity index (χ3v) is 3.42. The van der Waals surface area contributed by atoms with Crippen molar-refractivity contribution in [2.75, 3.05) is 39.8 Å². The van der Waals surface area contributed by atoms with Crippen molar-refractivity contribution in [3.63, 3.8) is 0 Å². The standard InChI is InChI=1S/C17H34N2/c1-7-9-10-12-19(8-2)13-11-17(5)15-18(6)14-16(3)4/h16-17H,8,10-15H2,1-6H3. The van der Waals surface area contributed by atoms with Crippen molar-refractivity contribution in [2.24, 2.45) is 11.8 Å². The van der Waals surface area contributed by atoms with E-state index in [4.69, 9.17) is 0 Å². The summed E-state index contributed by atoms with van der Waals surface area (Å²) in [5.41, 5.74) is 0. The first kappa shape index (κ1) is 18.5. The van der Waals surface area contributed by atoms with Crippen molar-refractivity contribution < 1.29 is 0 Å². The van der Waals surface area contributed by atoms with E-state index in [0.29, 0.717) is 0 Å². The summed E-state index contributed by atoms with van der Waals surface area (Å²) in [4.78, 5) is 4.98. The molecule has 0 aromatic rings. The summed E-state index contributed by atoms with van der Waals surface area (Å²) in [6, 6.07) is 0. The molecule has 0 aliphatic carbocycles. The second kappa shape index (κ2) is 11.3. The van der Waals surface area contributed by atoms with E-state index in [1.807, 2.05) is 6.92 Å². The van der Waals surface area contributed by atoms with Gasteiger partial charge in [0.15, 0.2) is 0 Å². The van der Waals surface area contributed by atoms with Crippen LogP contribution >= 0.6 is 0 Å². The second-order valence-electron chi connectivity index (χ2n) is 6.12. The molecule has 19 heavy (non-hydrogen) atoms. The Morgan fingerprint density at radius 3 is 2.26 bits per heavy atom. The van der Waals surface area contributed by atoms with E-state index in [0.717, 1.165) is 31.3 Å². The Hall–Kier alpha value is -0.520. The molecule has 0 fully saturated rings. The lowest BCUT2D eigenvalue weighted by molar-refractivity contribution is 0.223. The van der Waals surface area contributed by atoms with Gasteiger partial charge < -0.3 is 9.80 Å². The molecule has 0 aliphatic rings. The maximum atomic E-state index is 3.15. The van der Waals surface area contributed by atoms with E-state index in [1.165, 1.54) is 26.1 Å². The molecule has 0 aromatic heterocycles. The predicted molar refractivity (Wildman–Crippen MR) is 86.3 cm³/mol. The highest BCUT2D eigenvalue weighted by Gasteiger charge is 2.09. The van der Waals surface area contributed by atoms with Gasteiger partial charge >= 0.3 is 0 Å². The first-order valence-electron chi connectivity index (χ1n) is 7.80. The summed E-state index contributed by atoms with van der Waals surface area (Å²) in [6.07, 6.45) is 2.29. The molecule has 0 rings (SSSR count). The maximum Gasteiger partial charge on any atom is 0.0216 e. The minimum atomic E-state index is 0.761. The van der Waals surface area contributed by atoms with Crippen LogP contribution in [0.4, 0.5) is 0 Å². The van der Waals surface area contributed by atoms with Crippen LogP contribution in [0.25, 0.3) is 0 Å². The topological polar surface area (TPSA) is 6.48 Å². The molecule has 0 N–H and O–H groups in total. The first-order chi connectivity index (χ1) is 8.99. The van der Waals surface area contributed by atoms with Crippen LogP contribution in [0, 0.1) is 23.7 Å². The Labute approximate surface area is 121 Å². The minimum Gasteiger partial charge on any atom is -0.306 e. The molecular weight excluding hydrogens is 232 g/mol. The lowest BCUT2D eigenvalue weighted by atomic mass is 10.1. The zero-order valence-electron chi connectivity index (χ0n) is 14.0. The van der Waals surface area contributed by atoms with E-state index in [9.17, 15) is 0 Å². The quantitative estimate of drug-likeness (QED) is 0.560. The lowest BCUT2D eigenvalue weighted by Gasteiger charge is -2.25. The molecule has 2 nitrogen and oxygen atoms in total. The zero-order chi connectivity index (χ0) is 14.7. The average molecular weight is 266 g/mol. The highest BCUT2D eigenvalue weighted by Crippen LogP contribution is 2.07. The third-order valence-electron chi connectivity index (χ3n) is 3.42. The number of hydrogen-bond donors (Lipinski definition) is 0. The van der Waals surface area contributed by atoms with Crippen molar-refractivity contribution >= 4 is 0 Å². The molecule has 0 aromatic carbocycles. The Morgan fingerprint density at radius 1 is 1.05 bits per heavy atom. The zero-order valence-corrected chi connectivity index (χ0v) is 14.0. The van der Waals surface area contributed by atoms with Crippen LogP contribution in [0.15, 0.2) is 0 Å². The van der Waals surface area contributed by atoms with E-state index < -0.39 is 0 Å². The fourth-order valence-corrected chi connectivity index (χ4v) is 2.49. The van der Waals surface area contributed by atoms with Crippen LogP contribution in [0.2, 0.25) is 0 Å². The average Bonchev–Trinajstić information content (AvgIpc) is 2.32. The molecule has 0 amide bonds. The van der Waals surface area contributed by atoms with Crippen molar-refractivity contribution in [1.82, 2.24) is 9.80 Å². The highest BCUT2D eigenvalue weighted by molar-refractivity contribution is 4.95. The SMILES string of the molecule is CC#CCCN(CC)CCC(C)CN(C)CC(C)C. The Balaban J connectivity index is 3.84. The molecular formula is C17H34N2. The summed E-state index contributed by atoms with van der Waals surface area (Å²) in [6.45, 7) is 17.0. The molecule has 0 spiro atoms. The fraction of sp³-hybridized carbons (Fsp3) is 0.882. The molecule has 0 bridgehead atoms. The molecule has 2 heteroatoms. The van der Waals surface area contributed by atoms with Gasteiger partial charge in [-0.15, -0.1) is 11.8 Å². The van der Waals surface area contributed by atoms with Gasteiger partial charge in [-0.05, 0) is 45.3 Å². The lowest BCUT2D eigenvalue weighted by Crippen LogP contribution is -2.31. The third kappa shape index (κ3) is 11.0. The highest BCUT2D eigenvalue weighted by atomic mass is 15.1. The molecule has 0 heterocycles. The number of rotatable bonds is 10. The fourth-order valence-electron chi connectivity index (χ4n) is 2.49. The summed E-state index contributed by atoms with van der Waals surface area (Å²) >= 11 is 0. The van der Waals surface area contributed by atoms with E-state index >= 15 is 0 Å². The van der Waals surface area contributed by atoms with E-state index in [-0.39, 0.29) is 0 Å². The minimum absolute atomic E-state index is 0.761. The molecule has 0 aliphatic heterocycles. The van der Waals surface area contributed by atoms with Crippen molar-refractivity contribution in [3.05, 3.63) is 0 Å². The van der Waals surface area contributed by atoms with Crippen LogP contribution in [0.3, 0.4) is 0 Å². The Bertz CT molecular complexity index is 262. The Kier molecular flexibility index (Phi) is 11.0. The normalized spacial score (nSPS) is 12.9. The van der Waals surface area contributed by atoms with Gasteiger partial charge in [0, 0.05) is 26.1 Å². The molecule has 0 saturated heterocycles.